The molecule has 0 amide bonds. The number of rotatable bonds is 6. The zero-order valence-corrected chi connectivity index (χ0v) is 13.5. The number of benzene rings is 1. The number of methoxy groups -OCH3 is 2. The van der Waals surface area contributed by atoms with Crippen LogP contribution in [0.1, 0.15) is 44.7 Å². The van der Waals surface area contributed by atoms with E-state index in [9.17, 15) is 5.11 Å². The van der Waals surface area contributed by atoms with Gasteiger partial charge in [0.25, 0.3) is 0 Å². The highest BCUT2D eigenvalue weighted by Crippen LogP contribution is 2.39. The molecule has 1 aromatic carbocycles. The minimum Gasteiger partial charge on any atom is -0.493 e. The van der Waals surface area contributed by atoms with Gasteiger partial charge in [-0.25, -0.2) is 0 Å². The Morgan fingerprint density at radius 3 is 2.67 bits per heavy atom. The van der Waals surface area contributed by atoms with Crippen LogP contribution in [-0.2, 0) is 0 Å². The molecule has 0 aromatic heterocycles. The van der Waals surface area contributed by atoms with Crippen molar-refractivity contribution in [1.82, 2.24) is 5.32 Å². The molecule has 0 spiro atoms. The van der Waals surface area contributed by atoms with Crippen LogP contribution in [0.3, 0.4) is 0 Å². The second-order valence-electron chi connectivity index (χ2n) is 6.26. The first-order valence-corrected chi connectivity index (χ1v) is 7.63. The molecule has 1 aliphatic rings. The molecule has 0 saturated heterocycles. The Hall–Kier alpha value is -1.26. The van der Waals surface area contributed by atoms with Crippen LogP contribution < -0.4 is 14.8 Å². The third-order valence-electron chi connectivity index (χ3n) is 4.80. The Balaban J connectivity index is 2.11. The van der Waals surface area contributed by atoms with Gasteiger partial charge < -0.3 is 19.9 Å². The molecule has 0 heterocycles. The number of hydrogen-bond acceptors (Lipinski definition) is 4. The SMILES string of the molecule is COc1ccc(C(C)NC2CCCC2(C)CO)cc1OC. The second kappa shape index (κ2) is 6.67. The van der Waals surface area contributed by atoms with E-state index in [0.717, 1.165) is 24.3 Å². The number of aliphatic hydroxyl groups is 1. The molecule has 0 aliphatic heterocycles. The average Bonchev–Trinajstić information content (AvgIpc) is 2.88. The van der Waals surface area contributed by atoms with Crippen molar-refractivity contribution >= 4 is 0 Å². The molecule has 0 bridgehead atoms. The largest absolute Gasteiger partial charge is 0.493 e. The lowest BCUT2D eigenvalue weighted by Crippen LogP contribution is -2.42. The summed E-state index contributed by atoms with van der Waals surface area (Å²) in [6.07, 6.45) is 3.38. The molecule has 3 unspecified atom stereocenters. The van der Waals surface area contributed by atoms with E-state index in [1.807, 2.05) is 12.1 Å². The van der Waals surface area contributed by atoms with Crippen molar-refractivity contribution in [3.05, 3.63) is 23.8 Å². The van der Waals surface area contributed by atoms with Gasteiger partial charge in [-0.1, -0.05) is 19.4 Å². The van der Waals surface area contributed by atoms with E-state index in [1.165, 1.54) is 12.0 Å². The van der Waals surface area contributed by atoms with Gasteiger partial charge in [-0.2, -0.15) is 0 Å². The predicted octanol–water partition coefficient (Wildman–Crippen LogP) is 2.91. The number of ether oxygens (including phenoxy) is 2. The Morgan fingerprint density at radius 2 is 2.05 bits per heavy atom. The lowest BCUT2D eigenvalue weighted by atomic mass is 9.85. The van der Waals surface area contributed by atoms with Gasteiger partial charge in [-0.05, 0) is 37.5 Å². The first kappa shape index (κ1) is 16.1. The summed E-state index contributed by atoms with van der Waals surface area (Å²) in [6, 6.07) is 6.57. The third-order valence-corrected chi connectivity index (χ3v) is 4.80. The maximum atomic E-state index is 9.65. The van der Waals surface area contributed by atoms with Gasteiger partial charge in [-0.3, -0.25) is 0 Å². The number of hydrogen-bond donors (Lipinski definition) is 2. The fourth-order valence-electron chi connectivity index (χ4n) is 3.23. The molecule has 4 nitrogen and oxygen atoms in total. The van der Waals surface area contributed by atoms with Gasteiger partial charge in [0.05, 0.1) is 14.2 Å². The molecule has 3 atom stereocenters. The summed E-state index contributed by atoms with van der Waals surface area (Å²) >= 11 is 0. The zero-order valence-electron chi connectivity index (χ0n) is 13.5. The van der Waals surface area contributed by atoms with Crippen LogP contribution in [0.4, 0.5) is 0 Å². The maximum Gasteiger partial charge on any atom is 0.161 e. The van der Waals surface area contributed by atoms with Crippen LogP contribution in [0, 0.1) is 5.41 Å². The van der Waals surface area contributed by atoms with Crippen molar-refractivity contribution in [3.8, 4) is 11.5 Å². The summed E-state index contributed by atoms with van der Waals surface area (Å²) in [5.74, 6) is 1.49. The molecule has 2 N–H and O–H groups in total. The summed E-state index contributed by atoms with van der Waals surface area (Å²) in [5, 5.41) is 13.3. The standard InChI is InChI=1S/C17H27NO3/c1-12(18-16-6-5-9-17(16,2)11-19)13-7-8-14(20-3)15(10-13)21-4/h7-8,10,12,16,18-19H,5-6,9,11H2,1-4H3. The van der Waals surface area contributed by atoms with Crippen LogP contribution in [0.25, 0.3) is 0 Å². The molecule has 1 aliphatic carbocycles. The van der Waals surface area contributed by atoms with E-state index >= 15 is 0 Å². The van der Waals surface area contributed by atoms with E-state index in [0.29, 0.717) is 6.04 Å². The Kier molecular flexibility index (Phi) is 5.12. The van der Waals surface area contributed by atoms with Crippen molar-refractivity contribution in [3.63, 3.8) is 0 Å². The van der Waals surface area contributed by atoms with Gasteiger partial charge in [-0.15, -0.1) is 0 Å². The Labute approximate surface area is 127 Å². The normalized spacial score (nSPS) is 26.6. The molecule has 1 fully saturated rings. The van der Waals surface area contributed by atoms with E-state index < -0.39 is 0 Å². The van der Waals surface area contributed by atoms with E-state index in [1.54, 1.807) is 14.2 Å². The van der Waals surface area contributed by atoms with Gasteiger partial charge in [0.1, 0.15) is 0 Å². The minimum atomic E-state index is -0.00911. The predicted molar refractivity (Wildman–Crippen MR) is 83.9 cm³/mol. The van der Waals surface area contributed by atoms with Crippen LogP contribution in [0.15, 0.2) is 18.2 Å². The lowest BCUT2D eigenvalue weighted by Gasteiger charge is -2.33. The summed E-state index contributed by atoms with van der Waals surface area (Å²) < 4.78 is 10.6. The average molecular weight is 293 g/mol. The van der Waals surface area contributed by atoms with Crippen LogP contribution >= 0.6 is 0 Å². The monoisotopic (exact) mass is 293 g/mol. The highest BCUT2D eigenvalue weighted by atomic mass is 16.5. The molecule has 21 heavy (non-hydrogen) atoms. The molecule has 118 valence electrons. The third kappa shape index (κ3) is 3.33. The number of aliphatic hydroxyl groups excluding tert-OH is 1. The second-order valence-corrected chi connectivity index (χ2v) is 6.26. The first-order chi connectivity index (χ1) is 10.0. The molecule has 4 heteroatoms. The summed E-state index contributed by atoms with van der Waals surface area (Å²) in [5.41, 5.74) is 1.16. The fourth-order valence-corrected chi connectivity index (χ4v) is 3.23. The van der Waals surface area contributed by atoms with Crippen LogP contribution in [0.2, 0.25) is 0 Å². The van der Waals surface area contributed by atoms with Crippen molar-refractivity contribution in [2.45, 2.75) is 45.2 Å². The highest BCUT2D eigenvalue weighted by molar-refractivity contribution is 5.43. The lowest BCUT2D eigenvalue weighted by molar-refractivity contribution is 0.114. The Bertz CT molecular complexity index is 477. The van der Waals surface area contributed by atoms with E-state index in [-0.39, 0.29) is 18.1 Å². The smallest absolute Gasteiger partial charge is 0.161 e. The molecule has 1 aromatic rings. The van der Waals surface area contributed by atoms with Crippen LogP contribution in [-0.4, -0.2) is 32.0 Å². The topological polar surface area (TPSA) is 50.7 Å². The first-order valence-electron chi connectivity index (χ1n) is 7.63. The minimum absolute atomic E-state index is 0.00911. The molecular formula is C17H27NO3. The molecule has 1 saturated carbocycles. The van der Waals surface area contributed by atoms with Crippen molar-refractivity contribution in [1.29, 1.82) is 0 Å². The quantitative estimate of drug-likeness (QED) is 0.847. The van der Waals surface area contributed by atoms with E-state index in [2.05, 4.69) is 25.2 Å². The van der Waals surface area contributed by atoms with Gasteiger partial charge in [0, 0.05) is 24.1 Å². The zero-order chi connectivity index (χ0) is 15.5. The van der Waals surface area contributed by atoms with Crippen molar-refractivity contribution in [2.75, 3.05) is 20.8 Å². The molecule has 0 radical (unpaired) electrons. The van der Waals surface area contributed by atoms with Crippen molar-refractivity contribution < 1.29 is 14.6 Å². The molecular weight excluding hydrogens is 266 g/mol. The number of nitrogens with one attached hydrogen (secondary N) is 1. The fraction of sp³-hybridized carbons (Fsp3) is 0.647. The van der Waals surface area contributed by atoms with Crippen molar-refractivity contribution in [2.24, 2.45) is 5.41 Å². The van der Waals surface area contributed by atoms with Gasteiger partial charge in [0.15, 0.2) is 11.5 Å². The maximum absolute atomic E-state index is 9.65. The molecule has 2 rings (SSSR count). The summed E-state index contributed by atoms with van der Waals surface area (Å²) in [7, 11) is 3.30. The van der Waals surface area contributed by atoms with Crippen LogP contribution in [0.5, 0.6) is 11.5 Å². The van der Waals surface area contributed by atoms with E-state index in [4.69, 9.17) is 9.47 Å². The Morgan fingerprint density at radius 1 is 1.33 bits per heavy atom. The highest BCUT2D eigenvalue weighted by Gasteiger charge is 2.38. The summed E-state index contributed by atoms with van der Waals surface area (Å²) in [6.45, 7) is 4.56. The van der Waals surface area contributed by atoms with Gasteiger partial charge >= 0.3 is 0 Å². The van der Waals surface area contributed by atoms with Gasteiger partial charge in [0.2, 0.25) is 0 Å². The summed E-state index contributed by atoms with van der Waals surface area (Å²) in [4.78, 5) is 0.